The van der Waals surface area contributed by atoms with Crippen LogP contribution >= 0.6 is 0 Å². The van der Waals surface area contributed by atoms with E-state index in [-0.39, 0.29) is 10.8 Å². The second kappa shape index (κ2) is 7.87. The molecule has 8 nitrogen and oxygen atoms in total. The van der Waals surface area contributed by atoms with E-state index in [0.29, 0.717) is 5.69 Å². The van der Waals surface area contributed by atoms with E-state index < -0.39 is 41.5 Å². The minimum absolute atomic E-state index is 0.168. The molecular formula is C19H16FN3O5. The van der Waals surface area contributed by atoms with E-state index in [1.165, 1.54) is 43.3 Å². The average molecular weight is 385 g/mol. The van der Waals surface area contributed by atoms with Crippen LogP contribution in [0.15, 0.2) is 58.1 Å². The summed E-state index contributed by atoms with van der Waals surface area (Å²) in [5, 5.41) is 5.16. The molecule has 0 fully saturated rings. The highest BCUT2D eigenvalue weighted by atomic mass is 19.1. The SMILES string of the molecule is CC(OC(=O)Cn1[nH]c(=O)c2ccccc2c1=O)C(=O)Nc1ccc(F)cc1. The number of amides is 1. The number of rotatable bonds is 5. The fourth-order valence-electron chi connectivity index (χ4n) is 2.55. The van der Waals surface area contributed by atoms with Gasteiger partial charge in [-0.15, -0.1) is 0 Å². The van der Waals surface area contributed by atoms with Crippen LogP contribution in [0.4, 0.5) is 10.1 Å². The van der Waals surface area contributed by atoms with Crippen molar-refractivity contribution in [3.63, 3.8) is 0 Å². The molecule has 28 heavy (non-hydrogen) atoms. The first-order chi connectivity index (χ1) is 13.3. The predicted octanol–water partition coefficient (Wildman–Crippen LogP) is 1.40. The fourth-order valence-corrected chi connectivity index (χ4v) is 2.55. The van der Waals surface area contributed by atoms with Crippen LogP contribution in [0.25, 0.3) is 10.8 Å². The van der Waals surface area contributed by atoms with Gasteiger partial charge in [-0.05, 0) is 43.3 Å². The highest BCUT2D eigenvalue weighted by molar-refractivity contribution is 5.95. The van der Waals surface area contributed by atoms with Crippen molar-refractivity contribution in [1.82, 2.24) is 9.78 Å². The molecule has 9 heteroatoms. The number of aromatic nitrogens is 2. The maximum atomic E-state index is 12.9. The van der Waals surface area contributed by atoms with E-state index in [0.717, 1.165) is 4.68 Å². The van der Waals surface area contributed by atoms with Crippen LogP contribution in [0.2, 0.25) is 0 Å². The molecule has 2 N–H and O–H groups in total. The molecule has 1 unspecified atom stereocenters. The number of anilines is 1. The van der Waals surface area contributed by atoms with Crippen molar-refractivity contribution in [2.24, 2.45) is 0 Å². The van der Waals surface area contributed by atoms with E-state index in [9.17, 15) is 23.6 Å². The van der Waals surface area contributed by atoms with Gasteiger partial charge in [-0.3, -0.25) is 24.3 Å². The lowest BCUT2D eigenvalue weighted by atomic mass is 10.2. The number of halogens is 1. The van der Waals surface area contributed by atoms with Crippen molar-refractivity contribution in [2.45, 2.75) is 19.6 Å². The smallest absolute Gasteiger partial charge is 0.328 e. The normalized spacial score (nSPS) is 11.8. The maximum Gasteiger partial charge on any atom is 0.328 e. The second-order valence-corrected chi connectivity index (χ2v) is 6.01. The molecule has 0 bridgehead atoms. The summed E-state index contributed by atoms with van der Waals surface area (Å²) in [4.78, 5) is 48.6. The van der Waals surface area contributed by atoms with Crippen molar-refractivity contribution in [3.8, 4) is 0 Å². The van der Waals surface area contributed by atoms with Gasteiger partial charge in [0.2, 0.25) is 0 Å². The lowest BCUT2D eigenvalue weighted by Crippen LogP contribution is -2.35. The van der Waals surface area contributed by atoms with E-state index in [1.807, 2.05) is 0 Å². The van der Waals surface area contributed by atoms with Crippen molar-refractivity contribution in [1.29, 1.82) is 0 Å². The van der Waals surface area contributed by atoms with Crippen molar-refractivity contribution in [2.75, 3.05) is 5.32 Å². The van der Waals surface area contributed by atoms with Crippen LogP contribution in [-0.2, 0) is 20.9 Å². The Morgan fingerprint density at radius 1 is 1.11 bits per heavy atom. The Morgan fingerprint density at radius 3 is 2.43 bits per heavy atom. The maximum absolute atomic E-state index is 12.9. The van der Waals surface area contributed by atoms with Gasteiger partial charge in [0.25, 0.3) is 17.0 Å². The summed E-state index contributed by atoms with van der Waals surface area (Å²) in [5.41, 5.74) is -0.745. The molecule has 144 valence electrons. The number of carbonyl (C=O) groups excluding carboxylic acids is 2. The number of H-pyrrole nitrogens is 1. The summed E-state index contributed by atoms with van der Waals surface area (Å²) in [7, 11) is 0. The molecule has 1 atom stereocenters. The van der Waals surface area contributed by atoms with Gasteiger partial charge in [-0.2, -0.15) is 0 Å². The molecule has 0 saturated carbocycles. The number of ether oxygens (including phenoxy) is 1. The number of hydrogen-bond acceptors (Lipinski definition) is 5. The summed E-state index contributed by atoms with van der Waals surface area (Å²) in [6, 6.07) is 11.3. The number of hydrogen-bond donors (Lipinski definition) is 2. The number of benzene rings is 2. The first-order valence-corrected chi connectivity index (χ1v) is 8.33. The molecular weight excluding hydrogens is 369 g/mol. The van der Waals surface area contributed by atoms with Crippen LogP contribution in [-0.4, -0.2) is 27.8 Å². The summed E-state index contributed by atoms with van der Waals surface area (Å²) in [6.07, 6.45) is -1.17. The van der Waals surface area contributed by atoms with Gasteiger partial charge in [-0.1, -0.05) is 12.1 Å². The molecule has 1 aromatic heterocycles. The molecule has 0 aliphatic heterocycles. The third-order valence-corrected chi connectivity index (χ3v) is 3.96. The number of aromatic amines is 1. The molecule has 2 aromatic carbocycles. The molecule has 0 saturated heterocycles. The first-order valence-electron chi connectivity index (χ1n) is 8.33. The molecule has 3 aromatic rings. The quantitative estimate of drug-likeness (QED) is 0.645. The Morgan fingerprint density at radius 2 is 1.75 bits per heavy atom. The predicted molar refractivity (Wildman–Crippen MR) is 99.4 cm³/mol. The Labute approximate surface area is 157 Å². The zero-order chi connectivity index (χ0) is 20.3. The Bertz CT molecular complexity index is 1150. The second-order valence-electron chi connectivity index (χ2n) is 6.01. The summed E-state index contributed by atoms with van der Waals surface area (Å²) < 4.78 is 18.7. The molecule has 1 amide bonds. The van der Waals surface area contributed by atoms with E-state index in [1.54, 1.807) is 12.1 Å². The molecule has 1 heterocycles. The molecule has 0 radical (unpaired) electrons. The van der Waals surface area contributed by atoms with Gasteiger partial charge >= 0.3 is 5.97 Å². The summed E-state index contributed by atoms with van der Waals surface area (Å²) in [5.74, 6) is -1.96. The minimum Gasteiger partial charge on any atom is -0.451 e. The zero-order valence-corrected chi connectivity index (χ0v) is 14.8. The largest absolute Gasteiger partial charge is 0.451 e. The highest BCUT2D eigenvalue weighted by Gasteiger charge is 2.19. The minimum atomic E-state index is -1.17. The number of fused-ring (bicyclic) bond motifs is 1. The van der Waals surface area contributed by atoms with Crippen molar-refractivity contribution in [3.05, 3.63) is 75.1 Å². The summed E-state index contributed by atoms with van der Waals surface area (Å²) in [6.45, 7) is 0.787. The van der Waals surface area contributed by atoms with Crippen LogP contribution in [0.5, 0.6) is 0 Å². The Kier molecular flexibility index (Phi) is 5.35. The van der Waals surface area contributed by atoms with E-state index >= 15 is 0 Å². The molecule has 0 spiro atoms. The van der Waals surface area contributed by atoms with Gasteiger partial charge < -0.3 is 10.1 Å². The first kappa shape index (κ1) is 19.0. The van der Waals surface area contributed by atoms with Gasteiger partial charge in [0, 0.05) is 5.69 Å². The van der Waals surface area contributed by atoms with E-state index in [4.69, 9.17) is 4.74 Å². The number of nitrogens with one attached hydrogen (secondary N) is 2. The summed E-state index contributed by atoms with van der Waals surface area (Å²) >= 11 is 0. The average Bonchev–Trinajstić information content (AvgIpc) is 2.67. The molecule has 3 rings (SSSR count). The number of nitrogens with zero attached hydrogens (tertiary/aromatic N) is 1. The number of esters is 1. The van der Waals surface area contributed by atoms with Crippen LogP contribution in [0.3, 0.4) is 0 Å². The monoisotopic (exact) mass is 385 g/mol. The zero-order valence-electron chi connectivity index (χ0n) is 14.8. The third kappa shape index (κ3) is 4.14. The van der Waals surface area contributed by atoms with Crippen LogP contribution < -0.4 is 16.4 Å². The van der Waals surface area contributed by atoms with E-state index in [2.05, 4.69) is 10.4 Å². The standard InChI is InChI=1S/C19H16FN3O5/c1-11(17(25)21-13-8-6-12(20)7-9-13)28-16(24)10-23-19(27)15-5-3-2-4-14(15)18(26)22-23/h2-9,11H,10H2,1H3,(H,21,25)(H,22,26). The Hall–Kier alpha value is -3.75. The van der Waals surface area contributed by atoms with Crippen molar-refractivity contribution >= 4 is 28.3 Å². The van der Waals surface area contributed by atoms with Crippen molar-refractivity contribution < 1.29 is 18.7 Å². The fraction of sp³-hybridized carbons (Fsp3) is 0.158. The molecule has 0 aliphatic carbocycles. The molecule has 0 aliphatic rings. The topological polar surface area (TPSA) is 110 Å². The van der Waals surface area contributed by atoms with Gasteiger partial charge in [0.05, 0.1) is 10.8 Å². The van der Waals surface area contributed by atoms with Gasteiger partial charge in [0.1, 0.15) is 12.4 Å². The van der Waals surface area contributed by atoms with Gasteiger partial charge in [0.15, 0.2) is 6.10 Å². The van der Waals surface area contributed by atoms with Gasteiger partial charge in [-0.25, -0.2) is 9.07 Å². The lowest BCUT2D eigenvalue weighted by Gasteiger charge is -2.14. The lowest BCUT2D eigenvalue weighted by molar-refractivity contribution is -0.154. The third-order valence-electron chi connectivity index (χ3n) is 3.96. The van der Waals surface area contributed by atoms with Crippen LogP contribution in [0, 0.1) is 5.82 Å². The number of carbonyl (C=O) groups is 2. The Balaban J connectivity index is 1.68. The highest BCUT2D eigenvalue weighted by Crippen LogP contribution is 2.09. The van der Waals surface area contributed by atoms with Crippen LogP contribution in [0.1, 0.15) is 6.92 Å².